The fourth-order valence-corrected chi connectivity index (χ4v) is 2.62. The van der Waals surface area contributed by atoms with E-state index in [2.05, 4.69) is 37.4 Å². The summed E-state index contributed by atoms with van der Waals surface area (Å²) in [5.74, 6) is 1.04. The van der Waals surface area contributed by atoms with Crippen LogP contribution in [0, 0.1) is 13.8 Å². The van der Waals surface area contributed by atoms with Crippen LogP contribution in [0.25, 0.3) is 0 Å². The predicted molar refractivity (Wildman–Crippen MR) is 98.4 cm³/mol. The molecule has 1 atom stereocenters. The third-order valence-electron chi connectivity index (χ3n) is 4.01. The normalized spacial score (nSPS) is 12.1. The number of rotatable bonds is 6. The molecule has 0 heterocycles. The maximum Gasteiger partial charge on any atom is 0.261 e. The van der Waals surface area contributed by atoms with Crippen LogP contribution in [0.1, 0.15) is 48.9 Å². The van der Waals surface area contributed by atoms with Crippen LogP contribution in [0.2, 0.25) is 0 Å². The standard InChI is InChI=1S/C21H27NO2/c1-14(2)19-10-9-16(4)12-20(19)24-17(5)21(23)22-13-18-8-6-7-15(3)11-18/h6-12,14,17H,13H2,1-5H3,(H,22,23)/t17-/m1/s1. The zero-order valence-electron chi connectivity index (χ0n) is 15.2. The van der Waals surface area contributed by atoms with Gasteiger partial charge in [0.25, 0.3) is 5.91 Å². The Hall–Kier alpha value is -2.29. The van der Waals surface area contributed by atoms with Crippen LogP contribution in [0.4, 0.5) is 0 Å². The molecule has 2 aromatic rings. The van der Waals surface area contributed by atoms with E-state index in [9.17, 15) is 4.79 Å². The number of benzene rings is 2. The van der Waals surface area contributed by atoms with Gasteiger partial charge < -0.3 is 10.1 Å². The Morgan fingerprint density at radius 2 is 1.75 bits per heavy atom. The van der Waals surface area contributed by atoms with Gasteiger partial charge in [-0.3, -0.25) is 4.79 Å². The number of hydrogen-bond donors (Lipinski definition) is 1. The van der Waals surface area contributed by atoms with Crippen molar-refractivity contribution in [2.45, 2.75) is 53.2 Å². The summed E-state index contributed by atoms with van der Waals surface area (Å²) < 4.78 is 5.95. The van der Waals surface area contributed by atoms with Crippen LogP contribution in [0.3, 0.4) is 0 Å². The smallest absolute Gasteiger partial charge is 0.261 e. The van der Waals surface area contributed by atoms with E-state index in [0.29, 0.717) is 12.5 Å². The average molecular weight is 325 g/mol. The quantitative estimate of drug-likeness (QED) is 0.848. The van der Waals surface area contributed by atoms with Crippen molar-refractivity contribution in [2.75, 3.05) is 0 Å². The molecule has 0 aromatic heterocycles. The minimum atomic E-state index is -0.533. The van der Waals surface area contributed by atoms with E-state index in [1.54, 1.807) is 6.92 Å². The molecule has 0 saturated carbocycles. The van der Waals surface area contributed by atoms with Crippen molar-refractivity contribution < 1.29 is 9.53 Å². The summed E-state index contributed by atoms with van der Waals surface area (Å²) in [6.45, 7) is 10.6. The second-order valence-electron chi connectivity index (χ2n) is 6.66. The number of nitrogens with one attached hydrogen (secondary N) is 1. The monoisotopic (exact) mass is 325 g/mol. The van der Waals surface area contributed by atoms with Gasteiger partial charge in [0.05, 0.1) is 0 Å². The van der Waals surface area contributed by atoms with Gasteiger partial charge in [-0.2, -0.15) is 0 Å². The van der Waals surface area contributed by atoms with Crippen molar-refractivity contribution in [3.63, 3.8) is 0 Å². The highest BCUT2D eigenvalue weighted by Crippen LogP contribution is 2.28. The lowest BCUT2D eigenvalue weighted by Gasteiger charge is -2.19. The highest BCUT2D eigenvalue weighted by Gasteiger charge is 2.17. The Kier molecular flexibility index (Phi) is 6.02. The summed E-state index contributed by atoms with van der Waals surface area (Å²) in [5, 5.41) is 2.95. The van der Waals surface area contributed by atoms with Crippen LogP contribution >= 0.6 is 0 Å². The number of aryl methyl sites for hydroxylation is 2. The van der Waals surface area contributed by atoms with Crippen LogP contribution in [-0.4, -0.2) is 12.0 Å². The van der Waals surface area contributed by atoms with E-state index < -0.39 is 6.10 Å². The van der Waals surface area contributed by atoms with E-state index in [1.807, 2.05) is 38.1 Å². The van der Waals surface area contributed by atoms with Crippen molar-refractivity contribution in [3.8, 4) is 5.75 Å². The molecule has 2 aromatic carbocycles. The van der Waals surface area contributed by atoms with E-state index in [1.165, 1.54) is 5.56 Å². The van der Waals surface area contributed by atoms with Crippen LogP contribution in [-0.2, 0) is 11.3 Å². The Morgan fingerprint density at radius 1 is 1.04 bits per heavy atom. The van der Waals surface area contributed by atoms with Gasteiger partial charge in [0, 0.05) is 6.54 Å². The molecule has 3 nitrogen and oxygen atoms in total. The first-order valence-electron chi connectivity index (χ1n) is 8.47. The van der Waals surface area contributed by atoms with Crippen molar-refractivity contribution >= 4 is 5.91 Å². The zero-order chi connectivity index (χ0) is 17.7. The topological polar surface area (TPSA) is 38.3 Å². The largest absolute Gasteiger partial charge is 0.481 e. The number of hydrogen-bond acceptors (Lipinski definition) is 2. The van der Waals surface area contributed by atoms with Crippen molar-refractivity contribution in [3.05, 3.63) is 64.7 Å². The van der Waals surface area contributed by atoms with Gasteiger partial charge in [0.1, 0.15) is 5.75 Å². The van der Waals surface area contributed by atoms with Crippen LogP contribution in [0.15, 0.2) is 42.5 Å². The first-order chi connectivity index (χ1) is 11.4. The molecule has 0 fully saturated rings. The number of amides is 1. The van der Waals surface area contributed by atoms with Crippen LogP contribution in [0.5, 0.6) is 5.75 Å². The van der Waals surface area contributed by atoms with Gasteiger partial charge in [-0.15, -0.1) is 0 Å². The molecular weight excluding hydrogens is 298 g/mol. The summed E-state index contributed by atoms with van der Waals surface area (Å²) >= 11 is 0. The van der Waals surface area contributed by atoms with Crippen LogP contribution < -0.4 is 10.1 Å². The Bertz CT molecular complexity index is 707. The van der Waals surface area contributed by atoms with Crippen molar-refractivity contribution in [1.82, 2.24) is 5.32 Å². The minimum absolute atomic E-state index is 0.104. The molecule has 0 aliphatic heterocycles. The van der Waals surface area contributed by atoms with Gasteiger partial charge in [-0.25, -0.2) is 0 Å². The van der Waals surface area contributed by atoms with E-state index in [4.69, 9.17) is 4.74 Å². The van der Waals surface area contributed by atoms with E-state index >= 15 is 0 Å². The molecule has 0 aliphatic carbocycles. The Labute approximate surface area is 145 Å². The number of carbonyl (C=O) groups is 1. The molecule has 0 aliphatic rings. The lowest BCUT2D eigenvalue weighted by Crippen LogP contribution is -2.36. The molecule has 128 valence electrons. The Balaban J connectivity index is 2.00. The predicted octanol–water partition coefficient (Wildman–Crippen LogP) is 4.51. The molecule has 1 amide bonds. The SMILES string of the molecule is Cc1cccc(CNC(=O)[C@@H](C)Oc2cc(C)ccc2C(C)C)c1. The molecule has 0 radical (unpaired) electrons. The Morgan fingerprint density at radius 3 is 2.42 bits per heavy atom. The van der Waals surface area contributed by atoms with E-state index in [0.717, 1.165) is 22.4 Å². The highest BCUT2D eigenvalue weighted by atomic mass is 16.5. The summed E-state index contributed by atoms with van der Waals surface area (Å²) in [7, 11) is 0. The molecular formula is C21H27NO2. The summed E-state index contributed by atoms with van der Waals surface area (Å²) in [6.07, 6.45) is -0.533. The van der Waals surface area contributed by atoms with Gasteiger partial charge >= 0.3 is 0 Å². The fourth-order valence-electron chi connectivity index (χ4n) is 2.62. The first kappa shape index (κ1) is 18.1. The van der Waals surface area contributed by atoms with Crippen molar-refractivity contribution in [2.24, 2.45) is 0 Å². The second-order valence-corrected chi connectivity index (χ2v) is 6.66. The number of carbonyl (C=O) groups excluding carboxylic acids is 1. The molecule has 0 saturated heterocycles. The maximum absolute atomic E-state index is 12.3. The fraction of sp³-hybridized carbons (Fsp3) is 0.381. The minimum Gasteiger partial charge on any atom is -0.481 e. The van der Waals surface area contributed by atoms with Gasteiger partial charge in [0.15, 0.2) is 6.10 Å². The lowest BCUT2D eigenvalue weighted by atomic mass is 10.0. The number of ether oxygens (including phenoxy) is 1. The van der Waals surface area contributed by atoms with Gasteiger partial charge in [0.2, 0.25) is 0 Å². The molecule has 2 rings (SSSR count). The average Bonchev–Trinajstić information content (AvgIpc) is 2.52. The third kappa shape index (κ3) is 4.85. The second kappa shape index (κ2) is 8.00. The maximum atomic E-state index is 12.3. The van der Waals surface area contributed by atoms with Crippen molar-refractivity contribution in [1.29, 1.82) is 0 Å². The molecule has 1 N–H and O–H groups in total. The summed E-state index contributed by atoms with van der Waals surface area (Å²) in [4.78, 5) is 12.3. The molecule has 0 unspecified atom stereocenters. The highest BCUT2D eigenvalue weighted by molar-refractivity contribution is 5.80. The summed E-state index contributed by atoms with van der Waals surface area (Å²) in [6, 6.07) is 14.3. The van der Waals surface area contributed by atoms with E-state index in [-0.39, 0.29) is 5.91 Å². The summed E-state index contributed by atoms with van der Waals surface area (Å²) in [5.41, 5.74) is 4.53. The zero-order valence-corrected chi connectivity index (χ0v) is 15.2. The molecule has 24 heavy (non-hydrogen) atoms. The molecule has 0 spiro atoms. The van der Waals surface area contributed by atoms with Gasteiger partial charge in [-0.05, 0) is 49.4 Å². The molecule has 0 bridgehead atoms. The molecule has 3 heteroatoms. The third-order valence-corrected chi connectivity index (χ3v) is 4.01. The van der Waals surface area contributed by atoms with Gasteiger partial charge in [-0.1, -0.05) is 55.8 Å². The first-order valence-corrected chi connectivity index (χ1v) is 8.47. The lowest BCUT2D eigenvalue weighted by molar-refractivity contribution is -0.127.